The van der Waals surface area contributed by atoms with Crippen molar-refractivity contribution in [1.29, 1.82) is 0 Å². The topological polar surface area (TPSA) is 46.2 Å². The van der Waals surface area contributed by atoms with E-state index in [0.29, 0.717) is 5.92 Å². The number of hydrogen-bond donors (Lipinski definition) is 2. The minimum atomic E-state index is -0.178. The Balaban J connectivity index is 0.000000149. The molecule has 0 atom stereocenters. The highest BCUT2D eigenvalue weighted by molar-refractivity contribution is 5.04. The molecule has 1 aromatic carbocycles. The van der Waals surface area contributed by atoms with Gasteiger partial charge in [-0.3, -0.25) is 0 Å². The third-order valence-electron chi connectivity index (χ3n) is 4.07. The Kier molecular flexibility index (Phi) is 4.36. The van der Waals surface area contributed by atoms with Crippen LogP contribution in [0, 0.1) is 11.7 Å². The van der Waals surface area contributed by atoms with Gasteiger partial charge < -0.3 is 10.8 Å². The van der Waals surface area contributed by atoms with E-state index in [9.17, 15) is 9.50 Å². The summed E-state index contributed by atoms with van der Waals surface area (Å²) in [4.78, 5) is 0. The van der Waals surface area contributed by atoms with Gasteiger partial charge in [0.1, 0.15) is 5.82 Å². The van der Waals surface area contributed by atoms with Gasteiger partial charge in [-0.25, -0.2) is 4.39 Å². The molecule has 2 aliphatic rings. The van der Waals surface area contributed by atoms with Gasteiger partial charge in [0, 0.05) is 5.54 Å². The number of hydrogen-bond acceptors (Lipinski definition) is 2. The summed E-state index contributed by atoms with van der Waals surface area (Å²) in [5.41, 5.74) is 6.28. The van der Waals surface area contributed by atoms with E-state index in [-0.39, 0.29) is 17.5 Å². The molecular formula is C15H22FNO. The van der Waals surface area contributed by atoms with Crippen LogP contribution in [0.4, 0.5) is 4.39 Å². The summed E-state index contributed by atoms with van der Waals surface area (Å²) in [6, 6.07) is 7.94. The number of nitrogens with two attached hydrogens (primary N) is 1. The fraction of sp³-hybridized carbons (Fsp3) is 0.600. The minimum absolute atomic E-state index is 0.0337. The molecular weight excluding hydrogens is 229 g/mol. The normalized spacial score (nSPS) is 29.1. The summed E-state index contributed by atoms with van der Waals surface area (Å²) in [5, 5.41) is 9.27. The molecule has 2 nitrogen and oxygen atoms in total. The average Bonchev–Trinajstić information content (AvgIpc) is 3.11. The van der Waals surface area contributed by atoms with Crippen LogP contribution in [0.2, 0.25) is 0 Å². The number of halogens is 1. The summed E-state index contributed by atoms with van der Waals surface area (Å²) in [5.74, 6) is 0.536. The second-order valence-electron chi connectivity index (χ2n) is 5.53. The van der Waals surface area contributed by atoms with E-state index < -0.39 is 0 Å². The molecule has 0 heterocycles. The van der Waals surface area contributed by atoms with Crippen LogP contribution in [-0.4, -0.2) is 16.7 Å². The molecule has 2 aliphatic carbocycles. The van der Waals surface area contributed by atoms with Crippen molar-refractivity contribution < 1.29 is 9.50 Å². The van der Waals surface area contributed by atoms with Crippen LogP contribution in [0.1, 0.15) is 38.5 Å². The molecule has 3 rings (SSSR count). The van der Waals surface area contributed by atoms with E-state index in [1.54, 1.807) is 18.2 Å². The van der Waals surface area contributed by atoms with E-state index >= 15 is 0 Å². The highest BCUT2D eigenvalue weighted by Gasteiger charge is 2.46. The minimum Gasteiger partial charge on any atom is -0.393 e. The SMILES string of the molecule is Fc1ccccc1.NC1(C2CCC(O)CC2)CC1. The molecule has 0 unspecified atom stereocenters. The fourth-order valence-electron chi connectivity index (χ4n) is 2.62. The average molecular weight is 251 g/mol. The van der Waals surface area contributed by atoms with Gasteiger partial charge in [-0.15, -0.1) is 0 Å². The molecule has 0 bridgehead atoms. The fourth-order valence-corrected chi connectivity index (χ4v) is 2.62. The smallest absolute Gasteiger partial charge is 0.123 e. The largest absolute Gasteiger partial charge is 0.393 e. The van der Waals surface area contributed by atoms with Gasteiger partial charge in [0.05, 0.1) is 6.10 Å². The lowest BCUT2D eigenvalue weighted by atomic mass is 9.81. The van der Waals surface area contributed by atoms with Crippen LogP contribution in [-0.2, 0) is 0 Å². The van der Waals surface area contributed by atoms with Crippen LogP contribution in [0.5, 0.6) is 0 Å². The van der Waals surface area contributed by atoms with E-state index in [0.717, 1.165) is 25.7 Å². The Morgan fingerprint density at radius 2 is 1.61 bits per heavy atom. The second kappa shape index (κ2) is 5.81. The molecule has 0 spiro atoms. The zero-order valence-corrected chi connectivity index (χ0v) is 10.7. The summed E-state index contributed by atoms with van der Waals surface area (Å²) in [6.45, 7) is 0. The third-order valence-corrected chi connectivity index (χ3v) is 4.07. The molecule has 0 radical (unpaired) electrons. The maximum absolute atomic E-state index is 11.9. The van der Waals surface area contributed by atoms with Gasteiger partial charge in [0.25, 0.3) is 0 Å². The summed E-state index contributed by atoms with van der Waals surface area (Å²) >= 11 is 0. The van der Waals surface area contributed by atoms with E-state index in [1.807, 2.05) is 0 Å². The third kappa shape index (κ3) is 3.79. The van der Waals surface area contributed by atoms with E-state index in [1.165, 1.54) is 25.0 Å². The Bertz CT molecular complexity index is 356. The maximum atomic E-state index is 11.9. The number of aliphatic hydroxyl groups is 1. The van der Waals surface area contributed by atoms with Crippen molar-refractivity contribution in [3.8, 4) is 0 Å². The number of rotatable bonds is 1. The van der Waals surface area contributed by atoms with Crippen molar-refractivity contribution in [3.05, 3.63) is 36.1 Å². The summed E-state index contributed by atoms with van der Waals surface area (Å²) in [7, 11) is 0. The maximum Gasteiger partial charge on any atom is 0.123 e. The van der Waals surface area contributed by atoms with Gasteiger partial charge in [0.15, 0.2) is 0 Å². The van der Waals surface area contributed by atoms with E-state index in [4.69, 9.17) is 5.73 Å². The van der Waals surface area contributed by atoms with Gasteiger partial charge in [-0.05, 0) is 56.6 Å². The zero-order valence-electron chi connectivity index (χ0n) is 10.7. The van der Waals surface area contributed by atoms with Crippen LogP contribution >= 0.6 is 0 Å². The van der Waals surface area contributed by atoms with Crippen LogP contribution in [0.15, 0.2) is 30.3 Å². The Labute approximate surface area is 108 Å². The first-order valence-corrected chi connectivity index (χ1v) is 6.78. The monoisotopic (exact) mass is 251 g/mol. The highest BCUT2D eigenvalue weighted by atomic mass is 19.1. The first-order chi connectivity index (χ1) is 8.60. The molecule has 2 saturated carbocycles. The Hall–Kier alpha value is -0.930. The lowest BCUT2D eigenvalue weighted by molar-refractivity contribution is 0.0990. The van der Waals surface area contributed by atoms with Gasteiger partial charge in [0.2, 0.25) is 0 Å². The van der Waals surface area contributed by atoms with Crippen molar-refractivity contribution in [3.63, 3.8) is 0 Å². The standard InChI is InChI=1S/C9H17NO.C6H5F/c10-9(5-6-9)7-1-3-8(11)4-2-7;7-6-4-2-1-3-5-6/h7-8,11H,1-6,10H2;1-5H. The Morgan fingerprint density at radius 1 is 1.06 bits per heavy atom. The molecule has 3 heteroatoms. The van der Waals surface area contributed by atoms with E-state index in [2.05, 4.69) is 0 Å². The van der Waals surface area contributed by atoms with Crippen molar-refractivity contribution >= 4 is 0 Å². The van der Waals surface area contributed by atoms with Crippen LogP contribution < -0.4 is 5.73 Å². The number of aliphatic hydroxyl groups excluding tert-OH is 1. The zero-order chi connectivity index (χ0) is 13.0. The molecule has 18 heavy (non-hydrogen) atoms. The van der Waals surface area contributed by atoms with Crippen molar-refractivity contribution in [2.75, 3.05) is 0 Å². The predicted molar refractivity (Wildman–Crippen MR) is 70.5 cm³/mol. The molecule has 0 saturated heterocycles. The molecule has 100 valence electrons. The Morgan fingerprint density at radius 3 is 2.00 bits per heavy atom. The summed E-state index contributed by atoms with van der Waals surface area (Å²) < 4.78 is 11.9. The van der Waals surface area contributed by atoms with Crippen LogP contribution in [0.3, 0.4) is 0 Å². The van der Waals surface area contributed by atoms with Crippen molar-refractivity contribution in [2.45, 2.75) is 50.2 Å². The quantitative estimate of drug-likeness (QED) is 0.806. The molecule has 0 aromatic heterocycles. The predicted octanol–water partition coefficient (Wildman–Crippen LogP) is 2.85. The first-order valence-electron chi connectivity index (χ1n) is 6.78. The lowest BCUT2D eigenvalue weighted by Gasteiger charge is -2.29. The van der Waals surface area contributed by atoms with Crippen molar-refractivity contribution in [1.82, 2.24) is 0 Å². The van der Waals surface area contributed by atoms with Gasteiger partial charge in [-0.2, -0.15) is 0 Å². The highest BCUT2D eigenvalue weighted by Crippen LogP contribution is 2.45. The summed E-state index contributed by atoms with van der Waals surface area (Å²) in [6.07, 6.45) is 6.65. The molecule has 3 N–H and O–H groups in total. The molecule has 1 aromatic rings. The van der Waals surface area contributed by atoms with Gasteiger partial charge >= 0.3 is 0 Å². The molecule has 0 amide bonds. The van der Waals surface area contributed by atoms with Crippen LogP contribution in [0.25, 0.3) is 0 Å². The van der Waals surface area contributed by atoms with Gasteiger partial charge in [-0.1, -0.05) is 18.2 Å². The lowest BCUT2D eigenvalue weighted by Crippen LogP contribution is -2.36. The second-order valence-corrected chi connectivity index (χ2v) is 5.53. The molecule has 0 aliphatic heterocycles. The molecule has 2 fully saturated rings. The number of benzene rings is 1. The first kappa shape index (κ1) is 13.5. The van der Waals surface area contributed by atoms with Crippen molar-refractivity contribution in [2.24, 2.45) is 11.7 Å².